The quantitative estimate of drug-likeness (QED) is 0.367. The number of aromatic nitrogens is 3. The molecule has 0 aliphatic carbocycles. The minimum atomic E-state index is -0.537. The lowest BCUT2D eigenvalue weighted by Crippen LogP contribution is -2.15. The molecule has 4 aromatic rings. The lowest BCUT2D eigenvalue weighted by atomic mass is 10.2. The Morgan fingerprint density at radius 3 is 2.73 bits per heavy atom. The number of nitrogens with zero attached hydrogens (tertiary/aromatic N) is 3. The molecule has 2 heterocycles. The number of carbonyl (C=O) groups is 1. The highest BCUT2D eigenvalue weighted by molar-refractivity contribution is 7.99. The highest BCUT2D eigenvalue weighted by Crippen LogP contribution is 2.28. The van der Waals surface area contributed by atoms with Crippen molar-refractivity contribution >= 4 is 46.3 Å². The smallest absolute Gasteiger partial charge is 0.234 e. The first-order valence-corrected chi connectivity index (χ1v) is 11.2. The molecule has 5 nitrogen and oxygen atoms in total. The van der Waals surface area contributed by atoms with E-state index >= 15 is 0 Å². The zero-order chi connectivity index (χ0) is 20.9. The Hall–Kier alpha value is -2.68. The van der Waals surface area contributed by atoms with Crippen molar-refractivity contribution < 1.29 is 9.18 Å². The second kappa shape index (κ2) is 9.42. The SMILES string of the molecule is O=C(CSc1nnc(-c2cccs2)n1Cc1ccccc1)Nc1cc(Cl)ccc1F. The van der Waals surface area contributed by atoms with Crippen molar-refractivity contribution in [2.45, 2.75) is 11.7 Å². The molecule has 0 aliphatic rings. The Labute approximate surface area is 185 Å². The van der Waals surface area contributed by atoms with Crippen LogP contribution in [0.5, 0.6) is 0 Å². The van der Waals surface area contributed by atoms with Crippen LogP contribution in [0.1, 0.15) is 5.56 Å². The third kappa shape index (κ3) is 4.89. The van der Waals surface area contributed by atoms with Gasteiger partial charge in [0.1, 0.15) is 5.82 Å². The maximum Gasteiger partial charge on any atom is 0.234 e. The Morgan fingerprint density at radius 1 is 1.13 bits per heavy atom. The Morgan fingerprint density at radius 2 is 1.97 bits per heavy atom. The van der Waals surface area contributed by atoms with Gasteiger partial charge in [-0.05, 0) is 35.2 Å². The third-order valence-corrected chi connectivity index (χ3v) is 6.24. The van der Waals surface area contributed by atoms with E-state index in [1.54, 1.807) is 11.3 Å². The third-order valence-electron chi connectivity index (χ3n) is 4.18. The predicted molar refractivity (Wildman–Crippen MR) is 120 cm³/mol. The Balaban J connectivity index is 1.52. The topological polar surface area (TPSA) is 59.8 Å². The molecule has 0 radical (unpaired) electrons. The number of anilines is 1. The number of amides is 1. The molecule has 0 spiro atoms. The molecule has 1 N–H and O–H groups in total. The number of rotatable bonds is 7. The summed E-state index contributed by atoms with van der Waals surface area (Å²) in [6, 6.07) is 17.9. The number of hydrogen-bond acceptors (Lipinski definition) is 5. The van der Waals surface area contributed by atoms with E-state index in [1.165, 1.54) is 30.0 Å². The zero-order valence-electron chi connectivity index (χ0n) is 15.6. The maximum atomic E-state index is 13.9. The van der Waals surface area contributed by atoms with Crippen molar-refractivity contribution in [2.75, 3.05) is 11.1 Å². The molecule has 0 aliphatic heterocycles. The van der Waals surface area contributed by atoms with Crippen LogP contribution in [0, 0.1) is 5.82 Å². The molecule has 30 heavy (non-hydrogen) atoms. The number of thioether (sulfide) groups is 1. The molecular weight excluding hydrogens is 443 g/mol. The molecular formula is C21H16ClFN4OS2. The van der Waals surface area contributed by atoms with E-state index in [1.807, 2.05) is 52.4 Å². The van der Waals surface area contributed by atoms with E-state index in [0.717, 1.165) is 16.3 Å². The molecule has 0 atom stereocenters. The second-order valence-electron chi connectivity index (χ2n) is 6.32. The van der Waals surface area contributed by atoms with Crippen LogP contribution in [0.4, 0.5) is 10.1 Å². The van der Waals surface area contributed by atoms with Crippen molar-refractivity contribution in [1.29, 1.82) is 0 Å². The van der Waals surface area contributed by atoms with Gasteiger partial charge in [0.15, 0.2) is 11.0 Å². The summed E-state index contributed by atoms with van der Waals surface area (Å²) in [4.78, 5) is 13.4. The van der Waals surface area contributed by atoms with Gasteiger partial charge < -0.3 is 5.32 Å². The summed E-state index contributed by atoms with van der Waals surface area (Å²) in [6.07, 6.45) is 0. The summed E-state index contributed by atoms with van der Waals surface area (Å²) in [5.41, 5.74) is 1.15. The number of carbonyl (C=O) groups excluding carboxylic acids is 1. The van der Waals surface area contributed by atoms with Gasteiger partial charge in [-0.1, -0.05) is 59.8 Å². The van der Waals surface area contributed by atoms with Gasteiger partial charge in [0, 0.05) is 5.02 Å². The average molecular weight is 459 g/mol. The van der Waals surface area contributed by atoms with Crippen LogP contribution in [0.2, 0.25) is 5.02 Å². The van der Waals surface area contributed by atoms with Crippen LogP contribution in [0.25, 0.3) is 10.7 Å². The van der Waals surface area contributed by atoms with E-state index in [2.05, 4.69) is 15.5 Å². The van der Waals surface area contributed by atoms with Crippen LogP contribution >= 0.6 is 34.7 Å². The molecule has 152 valence electrons. The Bertz CT molecular complexity index is 1150. The maximum absolute atomic E-state index is 13.9. The standard InChI is InChI=1S/C21H16ClFN4OS2/c22-15-8-9-16(23)17(11-15)24-19(28)13-30-21-26-25-20(18-7-4-10-29-18)27(21)12-14-5-2-1-3-6-14/h1-11H,12-13H2,(H,24,28). The molecule has 2 aromatic carbocycles. The highest BCUT2D eigenvalue weighted by atomic mass is 35.5. The van der Waals surface area contributed by atoms with Gasteiger partial charge in [-0.15, -0.1) is 21.5 Å². The van der Waals surface area contributed by atoms with Gasteiger partial charge in [0.05, 0.1) is 22.9 Å². The van der Waals surface area contributed by atoms with E-state index in [-0.39, 0.29) is 17.3 Å². The van der Waals surface area contributed by atoms with Crippen molar-refractivity contribution in [2.24, 2.45) is 0 Å². The van der Waals surface area contributed by atoms with Crippen LogP contribution in [0.15, 0.2) is 71.2 Å². The molecule has 2 aromatic heterocycles. The average Bonchev–Trinajstić information content (AvgIpc) is 3.40. The van der Waals surface area contributed by atoms with Crippen LogP contribution in [-0.2, 0) is 11.3 Å². The molecule has 0 fully saturated rings. The largest absolute Gasteiger partial charge is 0.323 e. The fourth-order valence-electron chi connectivity index (χ4n) is 2.80. The lowest BCUT2D eigenvalue weighted by Gasteiger charge is -2.10. The van der Waals surface area contributed by atoms with E-state index in [0.29, 0.717) is 16.7 Å². The van der Waals surface area contributed by atoms with Crippen LogP contribution in [0.3, 0.4) is 0 Å². The molecule has 0 saturated heterocycles. The summed E-state index contributed by atoms with van der Waals surface area (Å²) in [5.74, 6) is -0.0840. The first kappa shape index (κ1) is 20.6. The highest BCUT2D eigenvalue weighted by Gasteiger charge is 2.17. The minimum absolute atomic E-state index is 0.0538. The monoisotopic (exact) mass is 458 g/mol. The van der Waals surface area contributed by atoms with Gasteiger partial charge in [-0.3, -0.25) is 9.36 Å². The first-order chi connectivity index (χ1) is 14.6. The fraction of sp³-hybridized carbons (Fsp3) is 0.0952. The zero-order valence-corrected chi connectivity index (χ0v) is 18.0. The summed E-state index contributed by atoms with van der Waals surface area (Å²) in [7, 11) is 0. The summed E-state index contributed by atoms with van der Waals surface area (Å²) in [5, 5.41) is 14.1. The Kier molecular flexibility index (Phi) is 6.47. The molecule has 1 amide bonds. The summed E-state index contributed by atoms with van der Waals surface area (Å²) < 4.78 is 15.8. The lowest BCUT2D eigenvalue weighted by molar-refractivity contribution is -0.113. The summed E-state index contributed by atoms with van der Waals surface area (Å²) >= 11 is 8.70. The van der Waals surface area contributed by atoms with Gasteiger partial charge in [-0.2, -0.15) is 0 Å². The second-order valence-corrected chi connectivity index (χ2v) is 8.64. The normalized spacial score (nSPS) is 10.9. The van der Waals surface area contributed by atoms with Crippen molar-refractivity contribution in [3.8, 4) is 10.7 Å². The van der Waals surface area contributed by atoms with Crippen molar-refractivity contribution in [3.63, 3.8) is 0 Å². The number of nitrogens with one attached hydrogen (secondary N) is 1. The first-order valence-electron chi connectivity index (χ1n) is 8.99. The predicted octanol–water partition coefficient (Wildman–Crippen LogP) is 5.58. The number of thiophene rings is 1. The summed E-state index contributed by atoms with van der Waals surface area (Å²) in [6.45, 7) is 0.577. The molecule has 4 rings (SSSR count). The fourth-order valence-corrected chi connectivity index (χ4v) is 4.43. The number of benzene rings is 2. The van der Waals surface area contributed by atoms with Crippen LogP contribution in [-0.4, -0.2) is 26.4 Å². The molecule has 9 heteroatoms. The molecule has 0 bridgehead atoms. The van der Waals surface area contributed by atoms with Gasteiger partial charge in [-0.25, -0.2) is 4.39 Å². The molecule has 0 unspecified atom stereocenters. The number of hydrogen-bond donors (Lipinski definition) is 1. The van der Waals surface area contributed by atoms with Gasteiger partial charge in [0.25, 0.3) is 0 Å². The van der Waals surface area contributed by atoms with E-state index in [4.69, 9.17) is 11.6 Å². The number of halogens is 2. The van der Waals surface area contributed by atoms with Crippen LogP contribution < -0.4 is 5.32 Å². The van der Waals surface area contributed by atoms with Crippen molar-refractivity contribution in [1.82, 2.24) is 14.8 Å². The van der Waals surface area contributed by atoms with Gasteiger partial charge in [0.2, 0.25) is 5.91 Å². The van der Waals surface area contributed by atoms with E-state index < -0.39 is 5.82 Å². The van der Waals surface area contributed by atoms with E-state index in [9.17, 15) is 9.18 Å². The minimum Gasteiger partial charge on any atom is -0.323 e. The van der Waals surface area contributed by atoms with Crippen molar-refractivity contribution in [3.05, 3.63) is 82.4 Å². The molecule has 0 saturated carbocycles. The van der Waals surface area contributed by atoms with Gasteiger partial charge >= 0.3 is 0 Å².